The maximum Gasteiger partial charge on any atom is 0.228 e. The molecule has 166 valence electrons. The smallest absolute Gasteiger partial charge is 0.228 e. The van der Waals surface area contributed by atoms with E-state index in [0.29, 0.717) is 47.5 Å². The molecule has 1 aliphatic heterocycles. The molecule has 0 saturated carbocycles. The Morgan fingerprint density at radius 1 is 1.25 bits per heavy atom. The Bertz CT molecular complexity index is 1230. The number of anilines is 1. The molecule has 32 heavy (non-hydrogen) atoms. The normalized spacial score (nSPS) is 17.5. The maximum absolute atomic E-state index is 14.9. The Hall–Kier alpha value is -3.17. The number of ether oxygens (including phenoxy) is 1. The second kappa shape index (κ2) is 9.13. The van der Waals surface area contributed by atoms with Crippen LogP contribution in [0, 0.1) is 19.7 Å². The molecule has 2 aromatic heterocycles. The van der Waals surface area contributed by atoms with Gasteiger partial charge in [0.15, 0.2) is 5.65 Å². The molecule has 0 amide bonds. The van der Waals surface area contributed by atoms with Gasteiger partial charge in [-0.1, -0.05) is 11.6 Å². The van der Waals surface area contributed by atoms with Gasteiger partial charge in [-0.05, 0) is 32.0 Å². The molecule has 0 spiro atoms. The molecule has 4 rings (SSSR count). The zero-order chi connectivity index (χ0) is 22.8. The van der Waals surface area contributed by atoms with Crippen LogP contribution < -0.4 is 10.6 Å². The van der Waals surface area contributed by atoms with Crippen LogP contribution in [0.15, 0.2) is 35.0 Å². The molecule has 1 fully saturated rings. The van der Waals surface area contributed by atoms with E-state index in [4.69, 9.17) is 27.1 Å². The standard InChI is InChI=1S/C22H23ClFN7O/c1-12-13(2)28-21-20(27-12)19(16-5-4-15(23)8-17(16)24)29-22(30-21)31-6-7-32-18(11-31)14(9-25)10-26-3/h4-5,8-10,18H,6-7,11,25H2,1-3H3/b14-9+,26-10?/t18-/m1/s1. The number of aryl methyl sites for hydroxylation is 2. The molecule has 0 unspecified atom stereocenters. The van der Waals surface area contributed by atoms with Crippen molar-refractivity contribution in [3.8, 4) is 11.3 Å². The van der Waals surface area contributed by atoms with Crippen LogP contribution in [0.3, 0.4) is 0 Å². The summed E-state index contributed by atoms with van der Waals surface area (Å²) in [7, 11) is 1.67. The second-order valence-corrected chi connectivity index (χ2v) is 7.86. The molecule has 1 saturated heterocycles. The summed E-state index contributed by atoms with van der Waals surface area (Å²) in [5, 5.41) is 0.303. The molecule has 3 heterocycles. The van der Waals surface area contributed by atoms with Crippen molar-refractivity contribution < 1.29 is 9.13 Å². The van der Waals surface area contributed by atoms with Crippen molar-refractivity contribution in [3.05, 3.63) is 52.2 Å². The summed E-state index contributed by atoms with van der Waals surface area (Å²) in [6.07, 6.45) is 2.86. The van der Waals surface area contributed by atoms with Gasteiger partial charge in [-0.25, -0.2) is 19.3 Å². The van der Waals surface area contributed by atoms with Crippen molar-refractivity contribution in [1.29, 1.82) is 0 Å². The second-order valence-electron chi connectivity index (χ2n) is 7.42. The Labute approximate surface area is 190 Å². The van der Waals surface area contributed by atoms with Crippen LogP contribution in [0.5, 0.6) is 0 Å². The molecule has 8 nitrogen and oxygen atoms in total. The molecule has 3 aromatic rings. The number of hydrogen-bond donors (Lipinski definition) is 1. The SMILES string of the molecule is CN=C/C(=C\N)[C@H]1CN(c2nc(-c3ccc(Cl)cc3F)c3nc(C)c(C)nc3n2)CCO1. The highest BCUT2D eigenvalue weighted by Crippen LogP contribution is 2.31. The van der Waals surface area contributed by atoms with Crippen molar-refractivity contribution in [2.75, 3.05) is 31.6 Å². The van der Waals surface area contributed by atoms with Crippen LogP contribution in [0.4, 0.5) is 10.3 Å². The van der Waals surface area contributed by atoms with E-state index in [1.54, 1.807) is 25.4 Å². The van der Waals surface area contributed by atoms with Crippen molar-refractivity contribution in [3.63, 3.8) is 0 Å². The molecule has 0 aliphatic carbocycles. The van der Waals surface area contributed by atoms with Gasteiger partial charge in [0, 0.05) is 42.2 Å². The molecule has 1 aliphatic rings. The highest BCUT2D eigenvalue weighted by atomic mass is 35.5. The molecule has 1 atom stereocenters. The summed E-state index contributed by atoms with van der Waals surface area (Å²) in [4.78, 5) is 24.6. The van der Waals surface area contributed by atoms with E-state index >= 15 is 0 Å². The summed E-state index contributed by atoms with van der Waals surface area (Å²) in [6, 6.07) is 4.47. The fourth-order valence-electron chi connectivity index (χ4n) is 3.53. The van der Waals surface area contributed by atoms with E-state index in [9.17, 15) is 4.39 Å². The highest BCUT2D eigenvalue weighted by molar-refractivity contribution is 6.30. The van der Waals surface area contributed by atoms with Crippen LogP contribution in [-0.4, -0.2) is 59.0 Å². The van der Waals surface area contributed by atoms with Crippen LogP contribution in [0.1, 0.15) is 11.4 Å². The summed E-state index contributed by atoms with van der Waals surface area (Å²) >= 11 is 5.96. The third-order valence-electron chi connectivity index (χ3n) is 5.31. The first-order chi connectivity index (χ1) is 15.4. The lowest BCUT2D eigenvalue weighted by molar-refractivity contribution is 0.0674. The van der Waals surface area contributed by atoms with Crippen molar-refractivity contribution in [1.82, 2.24) is 19.9 Å². The van der Waals surface area contributed by atoms with E-state index in [1.807, 2.05) is 18.7 Å². The Morgan fingerprint density at radius 3 is 2.75 bits per heavy atom. The number of aliphatic imine (C=N–C) groups is 1. The van der Waals surface area contributed by atoms with E-state index in [-0.39, 0.29) is 11.7 Å². The van der Waals surface area contributed by atoms with Gasteiger partial charge in [0.2, 0.25) is 5.95 Å². The third-order valence-corrected chi connectivity index (χ3v) is 5.54. The minimum atomic E-state index is -0.490. The lowest BCUT2D eigenvalue weighted by atomic mass is 10.1. The fourth-order valence-corrected chi connectivity index (χ4v) is 3.69. The van der Waals surface area contributed by atoms with Crippen LogP contribution in [0.25, 0.3) is 22.4 Å². The maximum atomic E-state index is 14.9. The molecule has 2 N–H and O–H groups in total. The first-order valence-corrected chi connectivity index (χ1v) is 10.5. The predicted octanol–water partition coefficient (Wildman–Crippen LogP) is 3.24. The number of benzene rings is 1. The van der Waals surface area contributed by atoms with Gasteiger partial charge < -0.3 is 15.4 Å². The van der Waals surface area contributed by atoms with Crippen LogP contribution >= 0.6 is 11.6 Å². The van der Waals surface area contributed by atoms with Gasteiger partial charge >= 0.3 is 0 Å². The molecule has 0 bridgehead atoms. The largest absolute Gasteiger partial charge is 0.404 e. The van der Waals surface area contributed by atoms with Crippen molar-refractivity contribution in [2.24, 2.45) is 10.7 Å². The summed E-state index contributed by atoms with van der Waals surface area (Å²) in [5.41, 5.74) is 9.47. The van der Waals surface area contributed by atoms with Gasteiger partial charge in [-0.2, -0.15) is 4.98 Å². The number of fused-ring (bicyclic) bond motifs is 1. The number of nitrogens with two attached hydrogens (primary N) is 1. The minimum absolute atomic E-state index is 0.283. The number of halogens is 2. The third kappa shape index (κ3) is 4.26. The van der Waals surface area contributed by atoms with Crippen molar-refractivity contribution >= 4 is 34.9 Å². The van der Waals surface area contributed by atoms with Gasteiger partial charge in [-0.3, -0.25) is 4.99 Å². The van der Waals surface area contributed by atoms with Crippen molar-refractivity contribution in [2.45, 2.75) is 20.0 Å². The van der Waals surface area contributed by atoms with E-state index in [2.05, 4.69) is 19.9 Å². The first-order valence-electron chi connectivity index (χ1n) is 10.1. The molecular formula is C22H23ClFN7O. The van der Waals surface area contributed by atoms with Gasteiger partial charge in [0.1, 0.15) is 23.1 Å². The van der Waals surface area contributed by atoms with E-state index in [1.165, 1.54) is 12.3 Å². The quantitative estimate of drug-likeness (QED) is 0.602. The lowest BCUT2D eigenvalue weighted by Crippen LogP contribution is -2.44. The lowest BCUT2D eigenvalue weighted by Gasteiger charge is -2.33. The number of aromatic nitrogens is 4. The summed E-state index contributed by atoms with van der Waals surface area (Å²) < 4.78 is 20.7. The predicted molar refractivity (Wildman–Crippen MR) is 124 cm³/mol. The topological polar surface area (TPSA) is 102 Å². The molecule has 1 aromatic carbocycles. The van der Waals surface area contributed by atoms with Gasteiger partial charge in [-0.15, -0.1) is 0 Å². The zero-order valence-electron chi connectivity index (χ0n) is 18.0. The molecule has 10 heteroatoms. The van der Waals surface area contributed by atoms with Crippen LogP contribution in [0.2, 0.25) is 5.02 Å². The number of morpholine rings is 1. The number of rotatable bonds is 4. The first kappa shape index (κ1) is 22.0. The Balaban J connectivity index is 1.84. The van der Waals surface area contributed by atoms with E-state index in [0.717, 1.165) is 17.0 Å². The molecular weight excluding hydrogens is 433 g/mol. The average molecular weight is 456 g/mol. The average Bonchev–Trinajstić information content (AvgIpc) is 2.78. The number of nitrogens with zero attached hydrogens (tertiary/aromatic N) is 6. The zero-order valence-corrected chi connectivity index (χ0v) is 18.8. The van der Waals surface area contributed by atoms with Gasteiger partial charge in [0.05, 0.1) is 24.5 Å². The minimum Gasteiger partial charge on any atom is -0.404 e. The highest BCUT2D eigenvalue weighted by Gasteiger charge is 2.26. The fraction of sp³-hybridized carbons (Fsp3) is 0.318. The number of hydrogen-bond acceptors (Lipinski definition) is 8. The Morgan fingerprint density at radius 2 is 2.03 bits per heavy atom. The monoisotopic (exact) mass is 455 g/mol. The summed E-state index contributed by atoms with van der Waals surface area (Å²) in [6.45, 7) is 5.18. The summed E-state index contributed by atoms with van der Waals surface area (Å²) in [5.74, 6) is -0.0756. The van der Waals surface area contributed by atoms with Gasteiger partial charge in [0.25, 0.3) is 0 Å². The van der Waals surface area contributed by atoms with Crippen LogP contribution in [-0.2, 0) is 4.74 Å². The molecule has 0 radical (unpaired) electrons. The van der Waals surface area contributed by atoms with E-state index < -0.39 is 5.82 Å². The Kier molecular flexibility index (Phi) is 6.29.